The first-order valence-electron chi connectivity index (χ1n) is 8.33. The van der Waals surface area contributed by atoms with E-state index in [1.165, 1.54) is 0 Å². The molecule has 0 saturated heterocycles. The van der Waals surface area contributed by atoms with E-state index >= 15 is 0 Å². The highest BCUT2D eigenvalue weighted by atomic mass is 19.4. The van der Waals surface area contributed by atoms with Gasteiger partial charge in [-0.3, -0.25) is 4.79 Å². The Balaban J connectivity index is 1.73. The summed E-state index contributed by atoms with van der Waals surface area (Å²) in [4.78, 5) is 22.9. The van der Waals surface area contributed by atoms with Crippen molar-refractivity contribution < 1.29 is 32.2 Å². The Morgan fingerprint density at radius 3 is 2.39 bits per heavy atom. The summed E-state index contributed by atoms with van der Waals surface area (Å²) in [6.45, 7) is 0.120. The van der Waals surface area contributed by atoms with Crippen molar-refractivity contribution in [2.75, 3.05) is 18.5 Å². The Morgan fingerprint density at radius 2 is 1.75 bits per heavy atom. The van der Waals surface area contributed by atoms with Gasteiger partial charge in [0.2, 0.25) is 5.91 Å². The van der Waals surface area contributed by atoms with E-state index in [2.05, 4.69) is 15.4 Å². The van der Waals surface area contributed by atoms with Crippen LogP contribution in [0.15, 0.2) is 48.5 Å². The fourth-order valence-electron chi connectivity index (χ4n) is 2.12. The minimum Gasteiger partial charge on any atom is -0.457 e. The largest absolute Gasteiger partial charge is 0.457 e. The van der Waals surface area contributed by atoms with Gasteiger partial charge in [-0.15, -0.1) is 0 Å². The third-order valence-electron chi connectivity index (χ3n) is 3.35. The summed E-state index contributed by atoms with van der Waals surface area (Å²) in [6, 6.07) is 14.2. The molecule has 0 spiro atoms. The van der Waals surface area contributed by atoms with Gasteiger partial charge in [-0.05, 0) is 48.9 Å². The number of alkyl carbamates (subject to hydrolysis) is 1. The van der Waals surface area contributed by atoms with Crippen molar-refractivity contribution in [3.05, 3.63) is 54.1 Å². The van der Waals surface area contributed by atoms with Gasteiger partial charge in [0.25, 0.3) is 0 Å². The molecule has 6 nitrogen and oxygen atoms in total. The number of hydrogen-bond donors (Lipinski definition) is 2. The molecular formula is C19H19F3N2O4. The lowest BCUT2D eigenvalue weighted by Crippen LogP contribution is -2.31. The van der Waals surface area contributed by atoms with Crippen molar-refractivity contribution in [1.29, 1.82) is 0 Å². The zero-order chi connectivity index (χ0) is 20.6. The van der Waals surface area contributed by atoms with E-state index in [1.807, 2.05) is 31.2 Å². The van der Waals surface area contributed by atoms with E-state index in [-0.39, 0.29) is 13.0 Å². The predicted octanol–water partition coefficient (Wildman–Crippen LogP) is 4.40. The van der Waals surface area contributed by atoms with Crippen molar-refractivity contribution >= 4 is 17.7 Å². The summed E-state index contributed by atoms with van der Waals surface area (Å²) in [5.41, 5.74) is 1.58. The maximum Gasteiger partial charge on any atom is 0.422 e. The highest BCUT2D eigenvalue weighted by Gasteiger charge is 2.29. The summed E-state index contributed by atoms with van der Waals surface area (Å²) >= 11 is 0. The second kappa shape index (κ2) is 9.63. The van der Waals surface area contributed by atoms with Crippen LogP contribution in [0.1, 0.15) is 12.0 Å². The van der Waals surface area contributed by atoms with Crippen molar-refractivity contribution in [3.63, 3.8) is 0 Å². The van der Waals surface area contributed by atoms with E-state index in [1.54, 1.807) is 24.3 Å². The zero-order valence-corrected chi connectivity index (χ0v) is 15.0. The SMILES string of the molecule is Cc1cccc(Oc2ccc(NC(=O)CCNC(=O)OCC(F)(F)F)cc2)c1. The third-order valence-corrected chi connectivity index (χ3v) is 3.35. The van der Waals surface area contributed by atoms with Crippen molar-refractivity contribution in [1.82, 2.24) is 5.32 Å². The summed E-state index contributed by atoms with van der Waals surface area (Å²) in [7, 11) is 0. The van der Waals surface area contributed by atoms with Crippen LogP contribution in [0.2, 0.25) is 0 Å². The van der Waals surface area contributed by atoms with Crippen LogP contribution in [0, 0.1) is 6.92 Å². The molecule has 28 heavy (non-hydrogen) atoms. The van der Waals surface area contributed by atoms with Gasteiger partial charge in [-0.2, -0.15) is 13.2 Å². The van der Waals surface area contributed by atoms with Crippen LogP contribution < -0.4 is 15.4 Å². The van der Waals surface area contributed by atoms with Gasteiger partial charge in [0.1, 0.15) is 11.5 Å². The molecule has 0 bridgehead atoms. The highest BCUT2D eigenvalue weighted by Crippen LogP contribution is 2.23. The molecule has 0 radical (unpaired) electrons. The van der Waals surface area contributed by atoms with Crippen molar-refractivity contribution in [3.8, 4) is 11.5 Å². The van der Waals surface area contributed by atoms with Gasteiger partial charge in [0, 0.05) is 18.7 Å². The number of amides is 2. The first kappa shape index (κ1) is 21.1. The van der Waals surface area contributed by atoms with E-state index in [4.69, 9.17) is 4.74 Å². The predicted molar refractivity (Wildman–Crippen MR) is 96.3 cm³/mol. The summed E-state index contributed by atoms with van der Waals surface area (Å²) in [5, 5.41) is 4.68. The molecule has 2 amide bonds. The molecule has 2 aromatic carbocycles. The number of nitrogens with one attached hydrogen (secondary N) is 2. The van der Waals surface area contributed by atoms with Crippen LogP contribution in [0.3, 0.4) is 0 Å². The summed E-state index contributed by atoms with van der Waals surface area (Å²) in [6.07, 6.45) is -5.95. The number of benzene rings is 2. The molecule has 2 rings (SSSR count). The maximum atomic E-state index is 11.9. The second-order valence-corrected chi connectivity index (χ2v) is 5.86. The maximum absolute atomic E-state index is 11.9. The third kappa shape index (κ3) is 7.98. The van der Waals surface area contributed by atoms with Crippen molar-refractivity contribution in [2.24, 2.45) is 0 Å². The van der Waals surface area contributed by atoms with Gasteiger partial charge in [0.05, 0.1) is 0 Å². The topological polar surface area (TPSA) is 76.7 Å². The summed E-state index contributed by atoms with van der Waals surface area (Å²) < 4.78 is 45.4. The van der Waals surface area contributed by atoms with Gasteiger partial charge < -0.3 is 20.1 Å². The molecule has 0 heterocycles. The Labute approximate surface area is 159 Å². The Kier molecular flexibility index (Phi) is 7.25. The number of carbonyl (C=O) groups excluding carboxylic acids is 2. The lowest BCUT2D eigenvalue weighted by molar-refractivity contribution is -0.160. The molecule has 2 aromatic rings. The molecule has 150 valence electrons. The highest BCUT2D eigenvalue weighted by molar-refractivity contribution is 5.91. The molecule has 0 aliphatic carbocycles. The molecule has 0 fully saturated rings. The molecule has 2 N–H and O–H groups in total. The van der Waals surface area contributed by atoms with Gasteiger partial charge in [0.15, 0.2) is 6.61 Å². The zero-order valence-electron chi connectivity index (χ0n) is 15.0. The van der Waals surface area contributed by atoms with E-state index < -0.39 is 24.8 Å². The van der Waals surface area contributed by atoms with Crippen LogP contribution in [0.4, 0.5) is 23.7 Å². The molecule has 0 aliphatic heterocycles. The number of aryl methyl sites for hydroxylation is 1. The minimum absolute atomic E-state index is 0.122. The number of halogens is 3. The van der Waals surface area contributed by atoms with Crippen LogP contribution in [-0.2, 0) is 9.53 Å². The van der Waals surface area contributed by atoms with Gasteiger partial charge >= 0.3 is 12.3 Å². The fraction of sp³-hybridized carbons (Fsp3) is 0.263. The average Bonchev–Trinajstić information content (AvgIpc) is 2.61. The smallest absolute Gasteiger partial charge is 0.422 e. The lowest BCUT2D eigenvalue weighted by atomic mass is 10.2. The van der Waals surface area contributed by atoms with Crippen LogP contribution in [0.25, 0.3) is 0 Å². The number of ether oxygens (including phenoxy) is 2. The average molecular weight is 396 g/mol. The Bertz CT molecular complexity index is 808. The lowest BCUT2D eigenvalue weighted by Gasteiger charge is -2.10. The van der Waals surface area contributed by atoms with E-state index in [0.717, 1.165) is 5.56 Å². The van der Waals surface area contributed by atoms with Gasteiger partial charge in [-0.25, -0.2) is 4.79 Å². The standard InChI is InChI=1S/C19H19F3N2O4/c1-13-3-2-4-16(11-13)28-15-7-5-14(6-8-15)24-17(25)9-10-23-18(26)27-12-19(20,21)22/h2-8,11H,9-10,12H2,1H3,(H,23,26)(H,24,25). The molecule has 0 saturated carbocycles. The number of rotatable bonds is 7. The number of anilines is 1. The van der Waals surface area contributed by atoms with Crippen LogP contribution in [-0.4, -0.2) is 31.3 Å². The molecule has 0 unspecified atom stereocenters. The second-order valence-electron chi connectivity index (χ2n) is 5.86. The van der Waals surface area contributed by atoms with E-state index in [0.29, 0.717) is 17.2 Å². The normalized spacial score (nSPS) is 10.9. The number of alkyl halides is 3. The van der Waals surface area contributed by atoms with Gasteiger partial charge in [-0.1, -0.05) is 12.1 Å². The monoisotopic (exact) mass is 396 g/mol. The Morgan fingerprint density at radius 1 is 1.04 bits per heavy atom. The fourth-order valence-corrected chi connectivity index (χ4v) is 2.12. The molecular weight excluding hydrogens is 377 g/mol. The first-order valence-corrected chi connectivity index (χ1v) is 8.33. The Hall–Kier alpha value is -3.23. The molecule has 0 aromatic heterocycles. The molecule has 9 heteroatoms. The first-order chi connectivity index (χ1) is 13.2. The number of hydrogen-bond acceptors (Lipinski definition) is 4. The molecule has 0 atom stereocenters. The summed E-state index contributed by atoms with van der Waals surface area (Å²) in [5.74, 6) is 0.876. The van der Waals surface area contributed by atoms with Crippen LogP contribution >= 0.6 is 0 Å². The number of carbonyl (C=O) groups is 2. The molecule has 0 aliphatic rings. The minimum atomic E-state index is -4.59. The van der Waals surface area contributed by atoms with Crippen LogP contribution in [0.5, 0.6) is 11.5 Å². The van der Waals surface area contributed by atoms with Crippen molar-refractivity contribution in [2.45, 2.75) is 19.5 Å². The van der Waals surface area contributed by atoms with E-state index in [9.17, 15) is 22.8 Å². The quantitative estimate of drug-likeness (QED) is 0.727.